The molecule has 0 N–H and O–H groups in total. The van der Waals surface area contributed by atoms with Gasteiger partial charge in [0.1, 0.15) is 16.9 Å². The molecule has 0 aliphatic carbocycles. The van der Waals surface area contributed by atoms with Crippen LogP contribution in [0.5, 0.6) is 0 Å². The Morgan fingerprint density at radius 3 is 1.43 bits per heavy atom. The number of hydrogen-bond donors (Lipinski definition) is 0. The van der Waals surface area contributed by atoms with Gasteiger partial charge in [-0.2, -0.15) is 0 Å². The van der Waals surface area contributed by atoms with Gasteiger partial charge in [-0.15, -0.1) is 0 Å². The van der Waals surface area contributed by atoms with Crippen molar-refractivity contribution in [1.29, 1.82) is 0 Å². The molecule has 0 saturated carbocycles. The highest BCUT2D eigenvalue weighted by atomic mass is 16.3. The summed E-state index contributed by atoms with van der Waals surface area (Å²) in [4.78, 5) is 20.1. The Bertz CT molecular complexity index is 3150. The summed E-state index contributed by atoms with van der Waals surface area (Å²) in [6.45, 7) is 0. The average Bonchev–Trinajstić information content (AvgIpc) is 3.83. The van der Waals surface area contributed by atoms with Crippen molar-refractivity contribution in [2.45, 2.75) is 0 Å². The second-order valence-corrected chi connectivity index (χ2v) is 13.8. The summed E-state index contributed by atoms with van der Waals surface area (Å²) < 4.78 is 8.93. The van der Waals surface area contributed by atoms with E-state index in [1.165, 1.54) is 0 Å². The van der Waals surface area contributed by atoms with E-state index in [9.17, 15) is 0 Å². The molecule has 11 aromatic rings. The molecule has 7 aromatic carbocycles. The first-order chi connectivity index (χ1) is 27.8. The zero-order valence-electron chi connectivity index (χ0n) is 30.0. The van der Waals surface area contributed by atoms with Crippen LogP contribution in [-0.4, -0.2) is 24.5 Å². The molecule has 0 aliphatic rings. The first-order valence-electron chi connectivity index (χ1n) is 18.6. The van der Waals surface area contributed by atoms with Crippen LogP contribution in [0.2, 0.25) is 0 Å². The Morgan fingerprint density at radius 1 is 0.357 bits per heavy atom. The van der Waals surface area contributed by atoms with Gasteiger partial charge in [-0.25, -0.2) is 19.9 Å². The van der Waals surface area contributed by atoms with Gasteiger partial charge in [0, 0.05) is 49.5 Å². The number of nitrogens with zero attached hydrogens (tertiary/aromatic N) is 5. The van der Waals surface area contributed by atoms with E-state index in [-0.39, 0.29) is 0 Å². The molecule has 0 atom stereocenters. The summed E-state index contributed by atoms with van der Waals surface area (Å²) in [6.07, 6.45) is 0. The number of furan rings is 1. The first-order valence-corrected chi connectivity index (χ1v) is 18.6. The second kappa shape index (κ2) is 13.0. The lowest BCUT2D eigenvalue weighted by molar-refractivity contribution is 0.668. The average molecular weight is 718 g/mol. The fourth-order valence-electron chi connectivity index (χ4n) is 7.80. The van der Waals surface area contributed by atoms with Crippen LogP contribution >= 0.6 is 0 Å². The molecule has 262 valence electrons. The number of aromatic nitrogens is 5. The Hall–Kier alpha value is -7.70. The zero-order chi connectivity index (χ0) is 37.0. The third-order valence-corrected chi connectivity index (χ3v) is 10.5. The van der Waals surface area contributed by atoms with Gasteiger partial charge in [0.15, 0.2) is 23.1 Å². The first kappa shape index (κ1) is 31.8. The second-order valence-electron chi connectivity index (χ2n) is 13.8. The molecule has 0 fully saturated rings. The minimum Gasteiger partial charge on any atom is -0.454 e. The van der Waals surface area contributed by atoms with Gasteiger partial charge in [-0.1, -0.05) is 164 Å². The lowest BCUT2D eigenvalue weighted by Gasteiger charge is -2.10. The molecular weight excluding hydrogens is 687 g/mol. The zero-order valence-corrected chi connectivity index (χ0v) is 30.0. The number of fused-ring (bicyclic) bond motifs is 7. The molecule has 4 aromatic heterocycles. The third-order valence-electron chi connectivity index (χ3n) is 10.5. The van der Waals surface area contributed by atoms with Gasteiger partial charge in [-0.3, -0.25) is 4.57 Å². The maximum absolute atomic E-state index is 6.67. The quantitative estimate of drug-likeness (QED) is 0.171. The lowest BCUT2D eigenvalue weighted by Crippen LogP contribution is -2.00. The van der Waals surface area contributed by atoms with Crippen molar-refractivity contribution in [3.8, 4) is 62.2 Å². The molecule has 0 aliphatic heterocycles. The molecule has 0 spiro atoms. The summed E-state index contributed by atoms with van der Waals surface area (Å²) in [7, 11) is 0. The predicted octanol–water partition coefficient (Wildman–Crippen LogP) is 12.6. The van der Waals surface area contributed by atoms with E-state index < -0.39 is 0 Å². The molecular formula is C50H31N5O. The molecule has 11 rings (SSSR count). The van der Waals surface area contributed by atoms with Crippen LogP contribution in [-0.2, 0) is 0 Å². The fourth-order valence-corrected chi connectivity index (χ4v) is 7.80. The maximum atomic E-state index is 6.67. The highest BCUT2D eigenvalue weighted by Gasteiger charge is 2.23. The number of hydrogen-bond acceptors (Lipinski definition) is 5. The molecule has 0 amide bonds. The molecule has 0 bridgehead atoms. The molecule has 0 saturated heterocycles. The molecule has 6 heteroatoms. The van der Waals surface area contributed by atoms with Crippen LogP contribution < -0.4 is 0 Å². The van der Waals surface area contributed by atoms with Crippen molar-refractivity contribution in [3.05, 3.63) is 188 Å². The summed E-state index contributed by atoms with van der Waals surface area (Å²) in [5.41, 5.74) is 11.5. The minimum absolute atomic E-state index is 0.629. The number of rotatable bonds is 6. The van der Waals surface area contributed by atoms with Gasteiger partial charge in [0.05, 0.1) is 5.52 Å². The highest BCUT2D eigenvalue weighted by Crippen LogP contribution is 2.44. The summed E-state index contributed by atoms with van der Waals surface area (Å²) in [5, 5.41) is 4.39. The van der Waals surface area contributed by atoms with Crippen molar-refractivity contribution in [2.24, 2.45) is 0 Å². The molecule has 4 heterocycles. The van der Waals surface area contributed by atoms with Crippen molar-refractivity contribution in [3.63, 3.8) is 0 Å². The van der Waals surface area contributed by atoms with E-state index in [0.717, 1.165) is 88.6 Å². The topological polar surface area (TPSA) is 69.6 Å². The van der Waals surface area contributed by atoms with Gasteiger partial charge >= 0.3 is 0 Å². The SMILES string of the molecule is c1ccc(-c2nc(-c3ccccc3)nc(-c3ccc(-c4ccc(-c5nc6c(c7ccccc7n6-c6ccccc6)c6c5oc5ccccc56)cc4)cc3)n2)cc1. The number of pyridine rings is 1. The normalized spacial score (nSPS) is 11.6. The van der Waals surface area contributed by atoms with E-state index in [2.05, 4.69) is 114 Å². The van der Waals surface area contributed by atoms with Crippen molar-refractivity contribution < 1.29 is 4.42 Å². The Kier molecular flexibility index (Phi) is 7.38. The smallest absolute Gasteiger partial charge is 0.164 e. The molecule has 6 nitrogen and oxygen atoms in total. The van der Waals surface area contributed by atoms with Crippen molar-refractivity contribution in [1.82, 2.24) is 24.5 Å². The summed E-state index contributed by atoms with van der Waals surface area (Å²) >= 11 is 0. The number of para-hydroxylation sites is 3. The Balaban J connectivity index is 1.01. The van der Waals surface area contributed by atoms with E-state index in [0.29, 0.717) is 17.5 Å². The Morgan fingerprint density at radius 2 is 0.821 bits per heavy atom. The lowest BCUT2D eigenvalue weighted by atomic mass is 10.00. The molecule has 0 radical (unpaired) electrons. The van der Waals surface area contributed by atoms with E-state index in [1.807, 2.05) is 78.9 Å². The minimum atomic E-state index is 0.629. The van der Waals surface area contributed by atoms with Crippen molar-refractivity contribution in [2.75, 3.05) is 0 Å². The molecule has 56 heavy (non-hydrogen) atoms. The van der Waals surface area contributed by atoms with Crippen LogP contribution in [0.1, 0.15) is 0 Å². The molecule has 0 unspecified atom stereocenters. The standard InChI is InChI=1S/C50H31N5O/c1-4-14-35(15-5-1)47-52-48(36-16-6-2-7-17-36)54-49(53-47)37-30-26-33(27-31-37)32-24-28-34(29-25-32)45-46-43(40-21-11-13-23-42(40)56-46)44-39-20-10-12-22-41(39)55(50(44)51-45)38-18-8-3-9-19-38/h1-31H. The van der Waals surface area contributed by atoms with Crippen LogP contribution in [0.3, 0.4) is 0 Å². The van der Waals surface area contributed by atoms with E-state index in [1.54, 1.807) is 0 Å². The highest BCUT2D eigenvalue weighted by molar-refractivity contribution is 6.28. The van der Waals surface area contributed by atoms with Gasteiger partial charge in [0.2, 0.25) is 0 Å². The van der Waals surface area contributed by atoms with Gasteiger partial charge in [0.25, 0.3) is 0 Å². The van der Waals surface area contributed by atoms with E-state index >= 15 is 0 Å². The number of benzene rings is 7. The van der Waals surface area contributed by atoms with Crippen molar-refractivity contribution >= 4 is 43.9 Å². The van der Waals surface area contributed by atoms with Crippen LogP contribution in [0.25, 0.3) is 106 Å². The van der Waals surface area contributed by atoms with Crippen LogP contribution in [0, 0.1) is 0 Å². The monoisotopic (exact) mass is 717 g/mol. The van der Waals surface area contributed by atoms with Crippen LogP contribution in [0.4, 0.5) is 0 Å². The largest absolute Gasteiger partial charge is 0.454 e. The summed E-state index contributed by atoms with van der Waals surface area (Å²) in [5.74, 6) is 1.91. The third kappa shape index (κ3) is 5.27. The predicted molar refractivity (Wildman–Crippen MR) is 226 cm³/mol. The van der Waals surface area contributed by atoms with Crippen LogP contribution in [0.15, 0.2) is 192 Å². The van der Waals surface area contributed by atoms with Gasteiger partial charge < -0.3 is 4.42 Å². The Labute approximate surface area is 322 Å². The summed E-state index contributed by atoms with van der Waals surface area (Å²) in [6, 6.07) is 64.4. The van der Waals surface area contributed by atoms with E-state index in [4.69, 9.17) is 24.4 Å². The fraction of sp³-hybridized carbons (Fsp3) is 0. The maximum Gasteiger partial charge on any atom is 0.164 e. The van der Waals surface area contributed by atoms with Gasteiger partial charge in [-0.05, 0) is 35.4 Å².